The molecule has 2 fully saturated rings. The van der Waals surface area contributed by atoms with E-state index in [0.29, 0.717) is 29.7 Å². The van der Waals surface area contributed by atoms with E-state index in [9.17, 15) is 9.59 Å². The third kappa shape index (κ3) is 4.37. The van der Waals surface area contributed by atoms with Gasteiger partial charge in [0.1, 0.15) is 0 Å². The lowest BCUT2D eigenvalue weighted by molar-refractivity contribution is -0.133. The Balaban J connectivity index is 1.47. The van der Waals surface area contributed by atoms with Gasteiger partial charge < -0.3 is 9.80 Å². The minimum absolute atomic E-state index is 0.100. The van der Waals surface area contributed by atoms with Gasteiger partial charge in [-0.2, -0.15) is 5.10 Å². The van der Waals surface area contributed by atoms with Crippen LogP contribution in [0.1, 0.15) is 74.7 Å². The Labute approximate surface area is 179 Å². The first-order valence-corrected chi connectivity index (χ1v) is 11.5. The zero-order valence-electron chi connectivity index (χ0n) is 18.5. The molecule has 0 N–H and O–H groups in total. The van der Waals surface area contributed by atoms with Crippen LogP contribution >= 0.6 is 0 Å². The molecule has 0 spiro atoms. The molecule has 2 aliphatic heterocycles. The molecule has 0 aliphatic carbocycles. The average molecular weight is 411 g/mol. The van der Waals surface area contributed by atoms with Crippen molar-refractivity contribution in [2.24, 2.45) is 11.8 Å². The Kier molecular flexibility index (Phi) is 6.11. The van der Waals surface area contributed by atoms with Crippen molar-refractivity contribution in [1.29, 1.82) is 0 Å². The van der Waals surface area contributed by atoms with E-state index in [-0.39, 0.29) is 11.8 Å². The summed E-state index contributed by atoms with van der Waals surface area (Å²) in [7, 11) is 0. The third-order valence-corrected chi connectivity index (χ3v) is 6.75. The summed E-state index contributed by atoms with van der Waals surface area (Å²) in [5, 5.41) is 4.41. The number of nitrogens with zero attached hydrogens (tertiary/aromatic N) is 4. The minimum atomic E-state index is 0.100. The first-order valence-electron chi connectivity index (χ1n) is 11.5. The fourth-order valence-electron chi connectivity index (χ4n) is 4.74. The quantitative estimate of drug-likeness (QED) is 0.767. The van der Waals surface area contributed by atoms with Gasteiger partial charge in [0.05, 0.1) is 17.3 Å². The van der Waals surface area contributed by atoms with Crippen molar-refractivity contribution < 1.29 is 9.59 Å². The van der Waals surface area contributed by atoms with Gasteiger partial charge >= 0.3 is 0 Å². The number of hydrogen-bond acceptors (Lipinski definition) is 3. The van der Waals surface area contributed by atoms with Crippen LogP contribution in [0.25, 0.3) is 5.52 Å². The standard InChI is InChI=1S/C24H34N4O2/c1-17(2)14-23(29)26-11-6-19(7-12-26)20-8-13-28-22(15-20)21(16-25-28)24(30)27-9-4-18(3)5-10-27/h8,13,15-19H,4-7,9-12,14H2,1-3H3. The highest BCUT2D eigenvalue weighted by molar-refractivity contribution is 6.00. The molecule has 2 amide bonds. The molecule has 162 valence electrons. The number of hydrogen-bond donors (Lipinski definition) is 0. The zero-order chi connectivity index (χ0) is 21.3. The second-order valence-corrected chi connectivity index (χ2v) is 9.58. The van der Waals surface area contributed by atoms with Gasteiger partial charge in [0, 0.05) is 38.8 Å². The summed E-state index contributed by atoms with van der Waals surface area (Å²) in [5.41, 5.74) is 2.85. The lowest BCUT2D eigenvalue weighted by Gasteiger charge is -2.33. The molecule has 0 unspecified atom stereocenters. The number of carbonyl (C=O) groups is 2. The maximum Gasteiger partial charge on any atom is 0.257 e. The van der Waals surface area contributed by atoms with E-state index >= 15 is 0 Å². The van der Waals surface area contributed by atoms with Gasteiger partial charge in [-0.1, -0.05) is 20.8 Å². The van der Waals surface area contributed by atoms with E-state index in [1.807, 2.05) is 20.5 Å². The van der Waals surface area contributed by atoms with Crippen LogP contribution in [0, 0.1) is 11.8 Å². The van der Waals surface area contributed by atoms with Crippen molar-refractivity contribution in [3.05, 3.63) is 35.7 Å². The molecule has 2 aliphatic rings. The molecule has 2 aromatic heterocycles. The maximum absolute atomic E-state index is 13.1. The van der Waals surface area contributed by atoms with Gasteiger partial charge in [0.25, 0.3) is 5.91 Å². The van der Waals surface area contributed by atoms with Crippen LogP contribution in [-0.4, -0.2) is 57.4 Å². The Bertz CT molecular complexity index is 903. The maximum atomic E-state index is 13.1. The smallest absolute Gasteiger partial charge is 0.257 e. The zero-order valence-corrected chi connectivity index (χ0v) is 18.5. The van der Waals surface area contributed by atoms with Crippen molar-refractivity contribution in [1.82, 2.24) is 19.4 Å². The summed E-state index contributed by atoms with van der Waals surface area (Å²) in [4.78, 5) is 29.4. The van der Waals surface area contributed by atoms with Crippen molar-refractivity contribution in [3.63, 3.8) is 0 Å². The Hall–Kier alpha value is -2.37. The average Bonchev–Trinajstić information content (AvgIpc) is 3.16. The van der Waals surface area contributed by atoms with Crippen molar-refractivity contribution >= 4 is 17.3 Å². The molecule has 0 atom stereocenters. The molecule has 6 nitrogen and oxygen atoms in total. The molecule has 2 aromatic rings. The molecule has 30 heavy (non-hydrogen) atoms. The van der Waals surface area contributed by atoms with E-state index in [2.05, 4.69) is 38.0 Å². The summed E-state index contributed by atoms with van der Waals surface area (Å²) in [6.07, 6.45) is 8.41. The highest BCUT2D eigenvalue weighted by Gasteiger charge is 2.26. The van der Waals surface area contributed by atoms with Crippen LogP contribution in [-0.2, 0) is 4.79 Å². The molecule has 0 bridgehead atoms. The van der Waals surface area contributed by atoms with E-state index in [1.165, 1.54) is 5.56 Å². The lowest BCUT2D eigenvalue weighted by Crippen LogP contribution is -2.38. The van der Waals surface area contributed by atoms with E-state index in [0.717, 1.165) is 57.4 Å². The predicted molar refractivity (Wildman–Crippen MR) is 118 cm³/mol. The number of carbonyl (C=O) groups excluding carboxylic acids is 2. The van der Waals surface area contributed by atoms with Gasteiger partial charge in [-0.3, -0.25) is 9.59 Å². The fraction of sp³-hybridized carbons (Fsp3) is 0.625. The summed E-state index contributed by atoms with van der Waals surface area (Å²) < 4.78 is 1.81. The van der Waals surface area contributed by atoms with Crippen molar-refractivity contribution in [2.45, 2.75) is 58.8 Å². The predicted octanol–water partition coefficient (Wildman–Crippen LogP) is 3.96. The van der Waals surface area contributed by atoms with Gasteiger partial charge in [0.2, 0.25) is 5.91 Å². The first kappa shape index (κ1) is 20.9. The molecule has 0 saturated carbocycles. The first-order chi connectivity index (χ1) is 14.4. The van der Waals surface area contributed by atoms with Gasteiger partial charge in [-0.15, -0.1) is 0 Å². The summed E-state index contributed by atoms with van der Waals surface area (Å²) in [5.74, 6) is 1.90. The molecule has 6 heteroatoms. The van der Waals surface area contributed by atoms with Gasteiger partial charge in [0.15, 0.2) is 0 Å². The number of amides is 2. The van der Waals surface area contributed by atoms with Crippen LogP contribution in [0.5, 0.6) is 0 Å². The highest BCUT2D eigenvalue weighted by Crippen LogP contribution is 2.30. The topological polar surface area (TPSA) is 57.9 Å². The number of rotatable bonds is 4. The second kappa shape index (κ2) is 8.78. The second-order valence-electron chi connectivity index (χ2n) is 9.58. The summed E-state index contributed by atoms with van der Waals surface area (Å²) in [6.45, 7) is 9.74. The van der Waals surface area contributed by atoms with Crippen molar-refractivity contribution in [3.8, 4) is 0 Å². The van der Waals surface area contributed by atoms with E-state index < -0.39 is 0 Å². The van der Waals surface area contributed by atoms with Crippen molar-refractivity contribution in [2.75, 3.05) is 26.2 Å². The molecule has 4 heterocycles. The lowest BCUT2D eigenvalue weighted by atomic mass is 9.89. The number of piperidine rings is 2. The van der Waals surface area contributed by atoms with Gasteiger partial charge in [-0.05, 0) is 61.1 Å². The Morgan fingerprint density at radius 3 is 2.40 bits per heavy atom. The fourth-order valence-corrected chi connectivity index (χ4v) is 4.74. The minimum Gasteiger partial charge on any atom is -0.343 e. The molecule has 4 rings (SSSR count). The molecular formula is C24H34N4O2. The number of aromatic nitrogens is 2. The Morgan fingerprint density at radius 1 is 1.07 bits per heavy atom. The van der Waals surface area contributed by atoms with Crippen LogP contribution in [0.2, 0.25) is 0 Å². The molecule has 2 saturated heterocycles. The summed E-state index contributed by atoms with van der Waals surface area (Å²) in [6, 6.07) is 4.26. The van der Waals surface area contributed by atoms with E-state index in [1.54, 1.807) is 6.20 Å². The van der Waals surface area contributed by atoms with E-state index in [4.69, 9.17) is 0 Å². The molecular weight excluding hydrogens is 376 g/mol. The number of likely N-dealkylation sites (tertiary alicyclic amines) is 2. The number of fused-ring (bicyclic) bond motifs is 1. The molecule has 0 aromatic carbocycles. The normalized spacial score (nSPS) is 19.1. The summed E-state index contributed by atoms with van der Waals surface area (Å²) >= 11 is 0. The largest absolute Gasteiger partial charge is 0.343 e. The van der Waals surface area contributed by atoms with Crippen LogP contribution in [0.4, 0.5) is 0 Å². The third-order valence-electron chi connectivity index (χ3n) is 6.75. The SMILES string of the molecule is CC(C)CC(=O)N1CCC(c2ccn3ncc(C(=O)N4CCC(C)CC4)c3c2)CC1. The molecule has 0 radical (unpaired) electrons. The van der Waals surface area contributed by atoms with Crippen LogP contribution in [0.3, 0.4) is 0 Å². The van der Waals surface area contributed by atoms with Crippen LogP contribution in [0.15, 0.2) is 24.5 Å². The highest BCUT2D eigenvalue weighted by atomic mass is 16.2. The Morgan fingerprint density at radius 2 is 1.73 bits per heavy atom. The van der Waals surface area contributed by atoms with Gasteiger partial charge in [-0.25, -0.2) is 4.52 Å². The monoisotopic (exact) mass is 410 g/mol. The number of pyridine rings is 1. The van der Waals surface area contributed by atoms with Crippen LogP contribution < -0.4 is 0 Å².